The van der Waals surface area contributed by atoms with Crippen molar-refractivity contribution in [2.24, 2.45) is 4.99 Å². The Morgan fingerprint density at radius 2 is 1.13 bits per heavy atom. The highest BCUT2D eigenvalue weighted by atomic mass is 16.3. The van der Waals surface area contributed by atoms with E-state index >= 15 is 0 Å². The number of furan rings is 1. The van der Waals surface area contributed by atoms with E-state index in [1.165, 1.54) is 21.9 Å². The lowest BCUT2D eigenvalue weighted by atomic mass is 9.97. The normalized spacial score (nSPS) is 14.6. The molecule has 2 heterocycles. The number of benzene rings is 7. The molecule has 1 aliphatic rings. The molecule has 0 aliphatic carbocycles. The molecule has 222 valence electrons. The molecule has 8 aromatic rings. The predicted octanol–water partition coefficient (Wildman–Crippen LogP) is 11.2. The average molecular weight is 603 g/mol. The third kappa shape index (κ3) is 4.99. The monoisotopic (exact) mass is 602 g/mol. The van der Waals surface area contributed by atoms with E-state index in [9.17, 15) is 0 Å². The zero-order valence-electron chi connectivity index (χ0n) is 25.6. The molecule has 0 amide bonds. The van der Waals surface area contributed by atoms with Crippen LogP contribution in [0.2, 0.25) is 0 Å². The summed E-state index contributed by atoms with van der Waals surface area (Å²) < 4.78 is 6.29. The Balaban J connectivity index is 1.03. The van der Waals surface area contributed by atoms with Gasteiger partial charge in [-0.1, -0.05) is 152 Å². The van der Waals surface area contributed by atoms with E-state index in [1.807, 2.05) is 18.2 Å². The molecule has 0 bridgehead atoms. The maximum Gasteiger partial charge on any atom is 0.145 e. The molecule has 0 saturated carbocycles. The lowest BCUT2D eigenvalue weighted by Gasteiger charge is -2.25. The van der Waals surface area contributed by atoms with Gasteiger partial charge < -0.3 is 9.73 Å². The Bertz CT molecular complexity index is 2470. The second kappa shape index (κ2) is 11.3. The number of hydrogen-bond donors (Lipinski definition) is 1. The number of para-hydroxylation sites is 2. The standard InChI is InChI=1S/C44H30N2O/c1-2-10-34(11-3-1)44-45-40(28-41(46-44)36-26-21-29-9-4-5-12-35(29)27-36)33-24-19-31(20-25-33)30-17-22-32(23-18-30)37-14-8-15-39-38-13-6-7-16-42(38)47-43(37)39/h1-28,44-45H. The summed E-state index contributed by atoms with van der Waals surface area (Å²) in [7, 11) is 0. The quantitative estimate of drug-likeness (QED) is 0.213. The first kappa shape index (κ1) is 27.1. The van der Waals surface area contributed by atoms with Crippen LogP contribution in [0.1, 0.15) is 22.9 Å². The van der Waals surface area contributed by atoms with Crippen LogP contribution in [0.5, 0.6) is 0 Å². The van der Waals surface area contributed by atoms with E-state index in [2.05, 4.69) is 157 Å². The third-order valence-electron chi connectivity index (χ3n) is 9.13. The number of aliphatic imine (C=N–C) groups is 1. The number of fused-ring (bicyclic) bond motifs is 4. The Morgan fingerprint density at radius 3 is 1.94 bits per heavy atom. The highest BCUT2D eigenvalue weighted by Crippen LogP contribution is 2.36. The van der Waals surface area contributed by atoms with Crippen molar-refractivity contribution in [2.45, 2.75) is 6.17 Å². The SMILES string of the molecule is C1=C(c2ccc(-c3ccc(-c4cccc5c4oc4ccccc45)cc3)cc2)NC(c2ccccc2)N=C1c1ccc2ccccc2c1. The van der Waals surface area contributed by atoms with Crippen molar-refractivity contribution >= 4 is 44.1 Å². The summed E-state index contributed by atoms with van der Waals surface area (Å²) in [6.45, 7) is 0. The molecule has 1 atom stereocenters. The first-order chi connectivity index (χ1) is 23.3. The van der Waals surface area contributed by atoms with Crippen LogP contribution in [0.4, 0.5) is 0 Å². The summed E-state index contributed by atoms with van der Waals surface area (Å²) in [4.78, 5) is 5.16. The predicted molar refractivity (Wildman–Crippen MR) is 195 cm³/mol. The van der Waals surface area contributed by atoms with E-state index in [-0.39, 0.29) is 6.17 Å². The van der Waals surface area contributed by atoms with Gasteiger partial charge in [0.25, 0.3) is 0 Å². The fraction of sp³-hybridized carbons (Fsp3) is 0.0227. The molecule has 1 aromatic heterocycles. The molecule has 47 heavy (non-hydrogen) atoms. The van der Waals surface area contributed by atoms with Crippen molar-refractivity contribution in [2.75, 3.05) is 0 Å². The lowest BCUT2D eigenvalue weighted by Crippen LogP contribution is -2.24. The van der Waals surface area contributed by atoms with E-state index < -0.39 is 0 Å². The van der Waals surface area contributed by atoms with Crippen LogP contribution in [0.15, 0.2) is 179 Å². The maximum absolute atomic E-state index is 6.29. The molecule has 0 fully saturated rings. The number of allylic oxidation sites excluding steroid dienone is 1. The fourth-order valence-corrected chi connectivity index (χ4v) is 6.66. The van der Waals surface area contributed by atoms with Crippen molar-refractivity contribution < 1.29 is 4.42 Å². The minimum absolute atomic E-state index is 0.180. The van der Waals surface area contributed by atoms with Gasteiger partial charge in [-0.15, -0.1) is 0 Å². The first-order valence-corrected chi connectivity index (χ1v) is 16.0. The molecule has 0 radical (unpaired) electrons. The second-order valence-electron chi connectivity index (χ2n) is 12.0. The van der Waals surface area contributed by atoms with Crippen LogP contribution in [0, 0.1) is 0 Å². The van der Waals surface area contributed by atoms with Gasteiger partial charge >= 0.3 is 0 Å². The van der Waals surface area contributed by atoms with Crippen molar-refractivity contribution in [3.05, 3.63) is 187 Å². The topological polar surface area (TPSA) is 37.5 Å². The zero-order valence-corrected chi connectivity index (χ0v) is 25.6. The van der Waals surface area contributed by atoms with Crippen molar-refractivity contribution in [1.29, 1.82) is 0 Å². The highest BCUT2D eigenvalue weighted by Gasteiger charge is 2.20. The van der Waals surface area contributed by atoms with Crippen LogP contribution in [0.25, 0.3) is 60.7 Å². The van der Waals surface area contributed by atoms with Gasteiger partial charge in [0, 0.05) is 27.6 Å². The Kier molecular flexibility index (Phi) is 6.53. The Hall–Kier alpha value is -6.19. The van der Waals surface area contributed by atoms with Crippen LogP contribution >= 0.6 is 0 Å². The molecule has 1 unspecified atom stereocenters. The lowest BCUT2D eigenvalue weighted by molar-refractivity contribution is 0.664. The maximum atomic E-state index is 6.29. The molecule has 0 spiro atoms. The Labute approximate surface area is 273 Å². The molecule has 7 aromatic carbocycles. The summed E-state index contributed by atoms with van der Waals surface area (Å²) in [5.74, 6) is 0. The molecular formula is C44H30N2O. The molecule has 3 heteroatoms. The van der Waals surface area contributed by atoms with Gasteiger partial charge in [0.2, 0.25) is 0 Å². The van der Waals surface area contributed by atoms with E-state index in [4.69, 9.17) is 9.41 Å². The summed E-state index contributed by atoms with van der Waals surface area (Å²) in [5, 5.41) is 8.43. The van der Waals surface area contributed by atoms with E-state index in [1.54, 1.807) is 0 Å². The van der Waals surface area contributed by atoms with Crippen molar-refractivity contribution in [3.8, 4) is 22.3 Å². The molecule has 3 nitrogen and oxygen atoms in total. The van der Waals surface area contributed by atoms with E-state index in [0.29, 0.717) is 0 Å². The molecular weight excluding hydrogens is 572 g/mol. The molecule has 9 rings (SSSR count). The van der Waals surface area contributed by atoms with E-state index in [0.717, 1.165) is 61.2 Å². The van der Waals surface area contributed by atoms with Crippen LogP contribution in [0.3, 0.4) is 0 Å². The van der Waals surface area contributed by atoms with Gasteiger partial charge in [-0.2, -0.15) is 0 Å². The molecule has 1 N–H and O–H groups in total. The van der Waals surface area contributed by atoms with Crippen LogP contribution in [-0.4, -0.2) is 5.71 Å². The first-order valence-electron chi connectivity index (χ1n) is 16.0. The number of hydrogen-bond acceptors (Lipinski definition) is 3. The summed E-state index contributed by atoms with van der Waals surface area (Å²) in [6.07, 6.45) is 1.99. The average Bonchev–Trinajstić information content (AvgIpc) is 3.54. The van der Waals surface area contributed by atoms with Gasteiger partial charge in [0.1, 0.15) is 17.3 Å². The molecule has 0 saturated heterocycles. The minimum Gasteiger partial charge on any atom is -0.455 e. The largest absolute Gasteiger partial charge is 0.455 e. The summed E-state index contributed by atoms with van der Waals surface area (Å²) in [5.41, 5.74) is 11.8. The van der Waals surface area contributed by atoms with Crippen LogP contribution < -0.4 is 5.32 Å². The van der Waals surface area contributed by atoms with Crippen molar-refractivity contribution in [3.63, 3.8) is 0 Å². The second-order valence-corrected chi connectivity index (χ2v) is 12.0. The minimum atomic E-state index is -0.180. The van der Waals surface area contributed by atoms with Gasteiger partial charge in [0.05, 0.1) is 5.71 Å². The zero-order chi connectivity index (χ0) is 31.2. The highest BCUT2D eigenvalue weighted by molar-refractivity contribution is 6.14. The number of rotatable bonds is 5. The smallest absolute Gasteiger partial charge is 0.145 e. The van der Waals surface area contributed by atoms with Crippen molar-refractivity contribution in [1.82, 2.24) is 5.32 Å². The van der Waals surface area contributed by atoms with Gasteiger partial charge in [0.15, 0.2) is 0 Å². The summed E-state index contributed by atoms with van der Waals surface area (Å²) >= 11 is 0. The molecule has 1 aliphatic heterocycles. The fourth-order valence-electron chi connectivity index (χ4n) is 6.66. The number of nitrogens with zero attached hydrogens (tertiary/aromatic N) is 1. The Morgan fingerprint density at radius 1 is 0.489 bits per heavy atom. The number of nitrogens with one attached hydrogen (secondary N) is 1. The van der Waals surface area contributed by atoms with Gasteiger partial charge in [-0.25, -0.2) is 0 Å². The van der Waals surface area contributed by atoms with Gasteiger partial charge in [-0.3, -0.25) is 4.99 Å². The summed E-state index contributed by atoms with van der Waals surface area (Å²) in [6, 6.07) is 57.7. The third-order valence-corrected chi connectivity index (χ3v) is 9.13. The van der Waals surface area contributed by atoms with Gasteiger partial charge in [-0.05, 0) is 56.8 Å². The van der Waals surface area contributed by atoms with Crippen LogP contribution in [-0.2, 0) is 0 Å².